The van der Waals surface area contributed by atoms with Crippen LogP contribution in [0.5, 0.6) is 0 Å². The van der Waals surface area contributed by atoms with E-state index in [-0.39, 0.29) is 12.1 Å². The summed E-state index contributed by atoms with van der Waals surface area (Å²) in [7, 11) is 3.32. The van der Waals surface area contributed by atoms with Crippen molar-refractivity contribution in [3.05, 3.63) is 60.2 Å². The summed E-state index contributed by atoms with van der Waals surface area (Å²) in [6.07, 6.45) is 0. The summed E-state index contributed by atoms with van der Waals surface area (Å²) < 4.78 is 4.64. The van der Waals surface area contributed by atoms with Gasteiger partial charge in [0.2, 0.25) is 0 Å². The Morgan fingerprint density at radius 1 is 1.08 bits per heavy atom. The molecule has 0 aliphatic rings. The molecule has 0 aromatic heterocycles. The molecular weight excluding hydrogens is 318 g/mol. The standard InChI is InChI=1S/C19H23N3O3/c1-14(22(2)17-7-5-4-6-8-17)13-20-19(24)21-16-11-9-15(10-12-16)18(23)25-3/h4-12,14H,13H2,1-3H3,(H2,20,21,24). The summed E-state index contributed by atoms with van der Waals surface area (Å²) >= 11 is 0. The highest BCUT2D eigenvalue weighted by molar-refractivity contribution is 5.92. The van der Waals surface area contributed by atoms with Crippen molar-refractivity contribution in [3.63, 3.8) is 0 Å². The molecule has 1 unspecified atom stereocenters. The zero-order valence-corrected chi connectivity index (χ0v) is 14.7. The third-order valence-corrected chi connectivity index (χ3v) is 3.95. The normalized spacial score (nSPS) is 11.3. The van der Waals surface area contributed by atoms with Crippen LogP contribution in [0.25, 0.3) is 0 Å². The molecule has 6 heteroatoms. The summed E-state index contributed by atoms with van der Waals surface area (Å²) in [6, 6.07) is 16.4. The Labute approximate surface area is 147 Å². The molecule has 6 nitrogen and oxygen atoms in total. The fraction of sp³-hybridized carbons (Fsp3) is 0.263. The van der Waals surface area contributed by atoms with Gasteiger partial charge in [0, 0.05) is 31.0 Å². The zero-order chi connectivity index (χ0) is 18.2. The van der Waals surface area contributed by atoms with Gasteiger partial charge in [-0.2, -0.15) is 0 Å². The first-order valence-corrected chi connectivity index (χ1v) is 8.02. The van der Waals surface area contributed by atoms with Gasteiger partial charge in [0.15, 0.2) is 0 Å². The van der Waals surface area contributed by atoms with Crippen molar-refractivity contribution < 1.29 is 14.3 Å². The lowest BCUT2D eigenvalue weighted by atomic mass is 10.2. The highest BCUT2D eigenvalue weighted by Crippen LogP contribution is 2.14. The molecule has 0 spiro atoms. The molecule has 0 fully saturated rings. The van der Waals surface area contributed by atoms with E-state index in [4.69, 9.17) is 0 Å². The second kappa shape index (κ2) is 8.73. The summed E-state index contributed by atoms with van der Waals surface area (Å²) in [5, 5.41) is 5.59. The number of para-hydroxylation sites is 1. The minimum absolute atomic E-state index is 0.134. The number of methoxy groups -OCH3 is 1. The van der Waals surface area contributed by atoms with Crippen LogP contribution in [0.4, 0.5) is 16.2 Å². The molecule has 0 bridgehead atoms. The molecular formula is C19H23N3O3. The summed E-state index contributed by atoms with van der Waals surface area (Å²) in [5.74, 6) is -0.409. The first kappa shape index (κ1) is 18.3. The van der Waals surface area contributed by atoms with Crippen LogP contribution in [-0.4, -0.2) is 38.7 Å². The maximum absolute atomic E-state index is 12.0. The Morgan fingerprint density at radius 2 is 1.72 bits per heavy atom. The van der Waals surface area contributed by atoms with Crippen molar-refractivity contribution in [2.75, 3.05) is 30.9 Å². The summed E-state index contributed by atoms with van der Waals surface area (Å²) in [6.45, 7) is 2.54. The highest BCUT2D eigenvalue weighted by atomic mass is 16.5. The van der Waals surface area contributed by atoms with Crippen molar-refractivity contribution in [1.82, 2.24) is 5.32 Å². The fourth-order valence-electron chi connectivity index (χ4n) is 2.28. The number of hydrogen-bond acceptors (Lipinski definition) is 4. The lowest BCUT2D eigenvalue weighted by Gasteiger charge is -2.27. The molecule has 0 heterocycles. The average molecular weight is 341 g/mol. The Balaban J connectivity index is 1.83. The van der Waals surface area contributed by atoms with Crippen LogP contribution < -0.4 is 15.5 Å². The van der Waals surface area contributed by atoms with Crippen LogP contribution in [-0.2, 0) is 4.74 Å². The number of benzene rings is 2. The van der Waals surface area contributed by atoms with E-state index in [2.05, 4.69) is 20.3 Å². The van der Waals surface area contributed by atoms with Gasteiger partial charge in [0.25, 0.3) is 0 Å². The number of hydrogen-bond donors (Lipinski definition) is 2. The maximum atomic E-state index is 12.0. The second-order valence-corrected chi connectivity index (χ2v) is 5.70. The second-order valence-electron chi connectivity index (χ2n) is 5.70. The minimum Gasteiger partial charge on any atom is -0.465 e. The van der Waals surface area contributed by atoms with Gasteiger partial charge in [-0.1, -0.05) is 18.2 Å². The molecule has 0 aliphatic heterocycles. The van der Waals surface area contributed by atoms with E-state index in [9.17, 15) is 9.59 Å². The van der Waals surface area contributed by atoms with Gasteiger partial charge in [0.1, 0.15) is 0 Å². The molecule has 2 N–H and O–H groups in total. The number of nitrogens with zero attached hydrogens (tertiary/aromatic N) is 1. The summed E-state index contributed by atoms with van der Waals surface area (Å²) in [4.78, 5) is 25.5. The van der Waals surface area contributed by atoms with E-state index in [1.807, 2.05) is 44.3 Å². The predicted octanol–water partition coefficient (Wildman–Crippen LogP) is 3.12. The number of likely N-dealkylation sites (N-methyl/N-ethyl adjacent to an activating group) is 1. The van der Waals surface area contributed by atoms with Crippen molar-refractivity contribution in [2.24, 2.45) is 0 Å². The highest BCUT2D eigenvalue weighted by Gasteiger charge is 2.11. The molecule has 0 saturated carbocycles. The van der Waals surface area contributed by atoms with E-state index < -0.39 is 5.97 Å². The van der Waals surface area contributed by atoms with Crippen LogP contribution in [0, 0.1) is 0 Å². The van der Waals surface area contributed by atoms with E-state index in [1.165, 1.54) is 7.11 Å². The molecule has 0 saturated heterocycles. The van der Waals surface area contributed by atoms with Crippen LogP contribution >= 0.6 is 0 Å². The lowest BCUT2D eigenvalue weighted by molar-refractivity contribution is 0.0601. The molecule has 0 aliphatic carbocycles. The van der Waals surface area contributed by atoms with Gasteiger partial charge < -0.3 is 20.3 Å². The van der Waals surface area contributed by atoms with Crippen LogP contribution in [0.2, 0.25) is 0 Å². The number of rotatable bonds is 6. The quantitative estimate of drug-likeness (QED) is 0.792. The number of ether oxygens (including phenoxy) is 1. The summed E-state index contributed by atoms with van der Waals surface area (Å²) in [5.41, 5.74) is 2.14. The molecule has 0 radical (unpaired) electrons. The van der Waals surface area contributed by atoms with Crippen LogP contribution in [0.1, 0.15) is 17.3 Å². The van der Waals surface area contributed by atoms with E-state index >= 15 is 0 Å². The predicted molar refractivity (Wildman–Crippen MR) is 99.1 cm³/mol. The van der Waals surface area contributed by atoms with Gasteiger partial charge in [-0.15, -0.1) is 0 Å². The molecule has 2 amide bonds. The minimum atomic E-state index is -0.409. The number of anilines is 2. The largest absolute Gasteiger partial charge is 0.465 e. The first-order valence-electron chi connectivity index (χ1n) is 8.02. The number of nitrogens with one attached hydrogen (secondary N) is 2. The molecule has 25 heavy (non-hydrogen) atoms. The number of amides is 2. The monoisotopic (exact) mass is 341 g/mol. The van der Waals surface area contributed by atoms with Crippen LogP contribution in [0.15, 0.2) is 54.6 Å². The van der Waals surface area contributed by atoms with Crippen molar-refractivity contribution >= 4 is 23.4 Å². The van der Waals surface area contributed by atoms with Gasteiger partial charge in [-0.25, -0.2) is 9.59 Å². The Kier molecular flexibility index (Phi) is 6.39. The van der Waals surface area contributed by atoms with Crippen molar-refractivity contribution in [2.45, 2.75) is 13.0 Å². The number of carbonyl (C=O) groups is 2. The Morgan fingerprint density at radius 3 is 2.32 bits per heavy atom. The molecule has 132 valence electrons. The van der Waals surface area contributed by atoms with Gasteiger partial charge >= 0.3 is 12.0 Å². The topological polar surface area (TPSA) is 70.7 Å². The van der Waals surface area contributed by atoms with E-state index in [1.54, 1.807) is 24.3 Å². The maximum Gasteiger partial charge on any atom is 0.337 e. The van der Waals surface area contributed by atoms with Gasteiger partial charge in [0.05, 0.1) is 12.7 Å². The van der Waals surface area contributed by atoms with E-state index in [0.29, 0.717) is 17.8 Å². The van der Waals surface area contributed by atoms with E-state index in [0.717, 1.165) is 5.69 Å². The third-order valence-electron chi connectivity index (χ3n) is 3.95. The number of urea groups is 1. The SMILES string of the molecule is COC(=O)c1ccc(NC(=O)NCC(C)N(C)c2ccccc2)cc1. The van der Waals surface area contributed by atoms with Crippen LogP contribution in [0.3, 0.4) is 0 Å². The molecule has 2 aromatic rings. The fourth-order valence-corrected chi connectivity index (χ4v) is 2.28. The van der Waals surface area contributed by atoms with Gasteiger partial charge in [-0.3, -0.25) is 0 Å². The van der Waals surface area contributed by atoms with Crippen molar-refractivity contribution in [1.29, 1.82) is 0 Å². The van der Waals surface area contributed by atoms with Crippen molar-refractivity contribution in [3.8, 4) is 0 Å². The first-order chi connectivity index (χ1) is 12.0. The molecule has 2 aromatic carbocycles. The lowest BCUT2D eigenvalue weighted by Crippen LogP contribution is -2.41. The Hall–Kier alpha value is -3.02. The molecule has 1 atom stereocenters. The third kappa shape index (κ3) is 5.24. The Bertz CT molecular complexity index is 702. The molecule has 2 rings (SSSR count). The smallest absolute Gasteiger partial charge is 0.337 e. The van der Waals surface area contributed by atoms with Gasteiger partial charge in [-0.05, 0) is 43.3 Å². The number of carbonyl (C=O) groups excluding carboxylic acids is 2. The zero-order valence-electron chi connectivity index (χ0n) is 14.7. The average Bonchev–Trinajstić information content (AvgIpc) is 2.66. The number of esters is 1.